The van der Waals surface area contributed by atoms with Crippen molar-refractivity contribution in [2.45, 2.75) is 13.8 Å². The van der Waals surface area contributed by atoms with Crippen molar-refractivity contribution >= 4 is 22.9 Å². The van der Waals surface area contributed by atoms with Gasteiger partial charge in [-0.1, -0.05) is 24.3 Å². The molecular weight excluding hydrogens is 300 g/mol. The van der Waals surface area contributed by atoms with Gasteiger partial charge in [0.1, 0.15) is 11.4 Å². The van der Waals surface area contributed by atoms with E-state index in [1.54, 1.807) is 0 Å². The van der Waals surface area contributed by atoms with Crippen molar-refractivity contribution < 1.29 is 9.59 Å². The molecule has 2 aliphatic rings. The van der Waals surface area contributed by atoms with Gasteiger partial charge >= 0.3 is 0 Å². The summed E-state index contributed by atoms with van der Waals surface area (Å²) in [5, 5.41) is 0. The molecule has 2 aliphatic heterocycles. The Kier molecular flexibility index (Phi) is 3.27. The summed E-state index contributed by atoms with van der Waals surface area (Å²) in [7, 11) is 0. The lowest BCUT2D eigenvalue weighted by molar-refractivity contribution is 0.100. The Balaban J connectivity index is 1.97. The van der Waals surface area contributed by atoms with Crippen LogP contribution in [0, 0.1) is 0 Å². The molecule has 0 amide bonds. The van der Waals surface area contributed by atoms with Gasteiger partial charge in [0.25, 0.3) is 0 Å². The number of benzene rings is 2. The van der Waals surface area contributed by atoms with Crippen LogP contribution in [0.15, 0.2) is 59.9 Å². The molecule has 4 rings (SSSR count). The van der Waals surface area contributed by atoms with E-state index in [0.29, 0.717) is 35.6 Å². The third-order valence-corrected chi connectivity index (χ3v) is 4.71. The van der Waals surface area contributed by atoms with Crippen LogP contribution in [0.25, 0.3) is 0 Å². The molecule has 2 aromatic rings. The lowest BCUT2D eigenvalue weighted by Crippen LogP contribution is -2.30. The highest BCUT2D eigenvalue weighted by Crippen LogP contribution is 2.41. The van der Waals surface area contributed by atoms with Crippen LogP contribution in [0.3, 0.4) is 0 Å². The maximum atomic E-state index is 13.0. The summed E-state index contributed by atoms with van der Waals surface area (Å²) in [5.74, 6) is -0.135. The van der Waals surface area contributed by atoms with Crippen LogP contribution in [0.2, 0.25) is 0 Å². The molecule has 0 bridgehead atoms. The van der Waals surface area contributed by atoms with Crippen molar-refractivity contribution in [2.75, 3.05) is 22.9 Å². The predicted octanol–water partition coefficient (Wildman–Crippen LogP) is 3.64. The molecule has 0 aliphatic carbocycles. The summed E-state index contributed by atoms with van der Waals surface area (Å²) in [6.45, 7) is 5.28. The number of ketones is 2. The Morgan fingerprint density at radius 3 is 1.42 bits per heavy atom. The number of allylic oxidation sites excluding steroid dienone is 2. The van der Waals surface area contributed by atoms with Crippen molar-refractivity contribution in [1.29, 1.82) is 0 Å². The van der Waals surface area contributed by atoms with Crippen LogP contribution in [0.5, 0.6) is 0 Å². The Morgan fingerprint density at radius 2 is 1.04 bits per heavy atom. The smallest absolute Gasteiger partial charge is 0.213 e. The van der Waals surface area contributed by atoms with Crippen molar-refractivity contribution in [2.24, 2.45) is 0 Å². The summed E-state index contributed by atoms with van der Waals surface area (Å²) >= 11 is 0. The van der Waals surface area contributed by atoms with Crippen molar-refractivity contribution in [3.63, 3.8) is 0 Å². The summed E-state index contributed by atoms with van der Waals surface area (Å²) < 4.78 is 0. The van der Waals surface area contributed by atoms with Crippen LogP contribution >= 0.6 is 0 Å². The van der Waals surface area contributed by atoms with Gasteiger partial charge in [-0.15, -0.1) is 0 Å². The number of carbonyl (C=O) groups excluding carboxylic acids is 2. The van der Waals surface area contributed by atoms with E-state index in [1.807, 2.05) is 72.2 Å². The van der Waals surface area contributed by atoms with Crippen molar-refractivity contribution in [3.8, 4) is 0 Å². The predicted molar refractivity (Wildman–Crippen MR) is 94.6 cm³/mol. The zero-order valence-electron chi connectivity index (χ0n) is 13.7. The average molecular weight is 318 g/mol. The third-order valence-electron chi connectivity index (χ3n) is 4.71. The molecule has 0 fully saturated rings. The van der Waals surface area contributed by atoms with E-state index >= 15 is 0 Å². The molecule has 0 saturated carbocycles. The van der Waals surface area contributed by atoms with E-state index < -0.39 is 0 Å². The number of para-hydroxylation sites is 2. The van der Waals surface area contributed by atoms with E-state index in [-0.39, 0.29) is 11.6 Å². The minimum Gasteiger partial charge on any atom is -0.336 e. The van der Waals surface area contributed by atoms with Crippen LogP contribution in [0.1, 0.15) is 34.6 Å². The number of Topliss-reactive ketones (excluding diaryl/α,β-unsaturated/α-hetero) is 2. The summed E-state index contributed by atoms with van der Waals surface area (Å²) in [5.41, 5.74) is 4.10. The Labute approximate surface area is 141 Å². The number of hydrogen-bond donors (Lipinski definition) is 0. The number of carbonyl (C=O) groups is 2. The first kappa shape index (κ1) is 14.7. The molecule has 0 spiro atoms. The molecule has 0 radical (unpaired) electrons. The molecule has 120 valence electrons. The van der Waals surface area contributed by atoms with E-state index in [4.69, 9.17) is 0 Å². The standard InChI is InChI=1S/C20H18N2O2/c1-3-21-15-11-7-5-9-13(15)19(23)17(21)18-20(24)14-10-6-8-12-16(14)22(18)4-2/h5-12H,3-4H2,1-2H3/b18-17+. The quantitative estimate of drug-likeness (QED) is 0.793. The minimum absolute atomic E-state index is 0.0675. The van der Waals surface area contributed by atoms with Gasteiger partial charge in [0.05, 0.1) is 11.4 Å². The summed E-state index contributed by atoms with van der Waals surface area (Å²) in [6.07, 6.45) is 0. The number of fused-ring (bicyclic) bond motifs is 2. The first-order chi connectivity index (χ1) is 11.7. The number of likely N-dealkylation sites (N-methyl/N-ethyl adjacent to an activating group) is 2. The summed E-state index contributed by atoms with van der Waals surface area (Å²) in [4.78, 5) is 30.0. The van der Waals surface area contributed by atoms with E-state index in [9.17, 15) is 9.59 Å². The van der Waals surface area contributed by atoms with E-state index in [0.717, 1.165) is 11.4 Å². The maximum absolute atomic E-state index is 13.0. The molecule has 0 N–H and O–H groups in total. The molecule has 0 aromatic heterocycles. The van der Waals surface area contributed by atoms with Crippen molar-refractivity contribution in [3.05, 3.63) is 71.1 Å². The molecule has 4 heteroatoms. The van der Waals surface area contributed by atoms with Gasteiger partial charge in [0.2, 0.25) is 11.6 Å². The van der Waals surface area contributed by atoms with Gasteiger partial charge in [-0.25, -0.2) is 0 Å². The van der Waals surface area contributed by atoms with E-state index in [2.05, 4.69) is 0 Å². The second kappa shape index (κ2) is 5.34. The van der Waals surface area contributed by atoms with Crippen LogP contribution in [0.4, 0.5) is 11.4 Å². The third kappa shape index (κ3) is 1.80. The zero-order chi connectivity index (χ0) is 16.8. The maximum Gasteiger partial charge on any atom is 0.213 e. The molecule has 2 aromatic carbocycles. The zero-order valence-corrected chi connectivity index (χ0v) is 13.7. The first-order valence-electron chi connectivity index (χ1n) is 8.25. The van der Waals surface area contributed by atoms with Crippen molar-refractivity contribution in [1.82, 2.24) is 0 Å². The van der Waals surface area contributed by atoms with Gasteiger partial charge in [0, 0.05) is 24.2 Å². The summed E-state index contributed by atoms with van der Waals surface area (Å²) in [6, 6.07) is 15.1. The van der Waals surface area contributed by atoms with Gasteiger partial charge in [-0.2, -0.15) is 0 Å². The Morgan fingerprint density at radius 1 is 0.667 bits per heavy atom. The number of nitrogens with zero attached hydrogens (tertiary/aromatic N) is 2. The average Bonchev–Trinajstić information content (AvgIpc) is 3.06. The molecule has 24 heavy (non-hydrogen) atoms. The fourth-order valence-corrected chi connectivity index (χ4v) is 3.67. The normalized spacial score (nSPS) is 19.1. The number of rotatable bonds is 2. The highest BCUT2D eigenvalue weighted by molar-refractivity contribution is 6.28. The lowest BCUT2D eigenvalue weighted by Gasteiger charge is -2.24. The second-order valence-electron chi connectivity index (χ2n) is 5.88. The van der Waals surface area contributed by atoms with E-state index in [1.165, 1.54) is 0 Å². The highest BCUT2D eigenvalue weighted by Gasteiger charge is 2.41. The van der Waals surface area contributed by atoms with Gasteiger partial charge in [-0.3, -0.25) is 9.59 Å². The fraction of sp³-hybridized carbons (Fsp3) is 0.200. The number of hydrogen-bond acceptors (Lipinski definition) is 4. The molecule has 4 nitrogen and oxygen atoms in total. The SMILES string of the molecule is CCN1/C(=C2\C(=O)c3ccccc3N2CC)C(=O)c2ccccc21. The molecule has 0 atom stereocenters. The fourth-order valence-electron chi connectivity index (χ4n) is 3.67. The van der Waals surface area contributed by atoms with Crippen LogP contribution < -0.4 is 9.80 Å². The molecule has 0 unspecified atom stereocenters. The minimum atomic E-state index is -0.0675. The van der Waals surface area contributed by atoms with Gasteiger partial charge in [0.15, 0.2) is 0 Å². The first-order valence-corrected chi connectivity index (χ1v) is 8.25. The van der Waals surface area contributed by atoms with Gasteiger partial charge < -0.3 is 9.80 Å². The highest BCUT2D eigenvalue weighted by atomic mass is 16.1. The van der Waals surface area contributed by atoms with Crippen LogP contribution in [-0.4, -0.2) is 24.7 Å². The Hall–Kier alpha value is -2.88. The largest absolute Gasteiger partial charge is 0.336 e. The second-order valence-corrected chi connectivity index (χ2v) is 5.88. The number of anilines is 2. The van der Waals surface area contributed by atoms with Crippen LogP contribution in [-0.2, 0) is 0 Å². The monoisotopic (exact) mass is 318 g/mol. The molecular formula is C20H18N2O2. The lowest BCUT2D eigenvalue weighted by atomic mass is 10.1. The molecule has 2 heterocycles. The topological polar surface area (TPSA) is 40.6 Å². The van der Waals surface area contributed by atoms with Gasteiger partial charge in [-0.05, 0) is 38.1 Å². The molecule has 0 saturated heterocycles. The Bertz CT molecular complexity index is 825.